The van der Waals surface area contributed by atoms with Gasteiger partial charge in [-0.05, 0) is 67.8 Å². The quantitative estimate of drug-likeness (QED) is 0.460. The van der Waals surface area contributed by atoms with Crippen LogP contribution in [0.5, 0.6) is 5.75 Å². The van der Waals surface area contributed by atoms with Gasteiger partial charge in [0.25, 0.3) is 5.91 Å². The van der Waals surface area contributed by atoms with Crippen molar-refractivity contribution in [1.29, 1.82) is 0 Å². The number of carboxylic acids is 1. The first-order chi connectivity index (χ1) is 17.7. The Morgan fingerprint density at radius 1 is 1.08 bits per heavy atom. The van der Waals surface area contributed by atoms with Crippen molar-refractivity contribution in [3.8, 4) is 5.75 Å². The highest BCUT2D eigenvalue weighted by atomic mass is 35.5. The number of aliphatic carboxylic acids is 1. The molecule has 0 saturated carbocycles. The molecule has 9 nitrogen and oxygen atoms in total. The summed E-state index contributed by atoms with van der Waals surface area (Å²) in [5.74, 6) is -1.43. The minimum Gasteiger partial charge on any atom is -0.497 e. The Kier molecular flexibility index (Phi) is 9.68. The molecule has 2 heterocycles. The van der Waals surface area contributed by atoms with E-state index in [9.17, 15) is 19.2 Å². The lowest BCUT2D eigenvalue weighted by Gasteiger charge is -2.08. The lowest BCUT2D eigenvalue weighted by atomic mass is 10.1. The summed E-state index contributed by atoms with van der Waals surface area (Å²) in [5, 5.41) is 12.7. The highest BCUT2D eigenvalue weighted by Crippen LogP contribution is 2.31. The molecule has 0 aliphatic carbocycles. The van der Waals surface area contributed by atoms with Crippen LogP contribution in [0.15, 0.2) is 42.5 Å². The second-order valence-electron chi connectivity index (χ2n) is 8.49. The first-order valence-corrected chi connectivity index (χ1v) is 12.2. The molecule has 37 heavy (non-hydrogen) atoms. The minimum absolute atomic E-state index is 0.177. The van der Waals surface area contributed by atoms with Gasteiger partial charge in [-0.1, -0.05) is 18.0 Å². The fourth-order valence-corrected chi connectivity index (χ4v) is 4.16. The van der Waals surface area contributed by atoms with Gasteiger partial charge in [-0.2, -0.15) is 0 Å². The maximum absolute atomic E-state index is 13.2. The van der Waals surface area contributed by atoms with Crippen molar-refractivity contribution in [3.05, 3.63) is 64.3 Å². The van der Waals surface area contributed by atoms with Crippen LogP contribution >= 0.6 is 11.6 Å². The lowest BCUT2D eigenvalue weighted by Crippen LogP contribution is -2.21. The Labute approximate surface area is 219 Å². The summed E-state index contributed by atoms with van der Waals surface area (Å²) in [4.78, 5) is 46.5. The molecule has 1 aliphatic rings. The van der Waals surface area contributed by atoms with Crippen LogP contribution in [0.25, 0.3) is 10.9 Å². The zero-order valence-corrected chi connectivity index (χ0v) is 21.5. The number of aromatic nitrogens is 1. The highest BCUT2D eigenvalue weighted by Gasteiger charge is 2.22. The summed E-state index contributed by atoms with van der Waals surface area (Å²) in [6.07, 6.45) is 4.00. The number of hydrogen-bond acceptors (Lipinski definition) is 6. The molecule has 2 N–H and O–H groups in total. The van der Waals surface area contributed by atoms with Crippen molar-refractivity contribution < 1.29 is 33.8 Å². The SMILES string of the molecule is COc1ccc2c(c1)c(CC(=O)OCC(=O)O)c(C)n2C(=O)c1ccc(Cl)cc1.O=C1CCCCCN1. The number of methoxy groups -OCH3 is 1. The molecule has 2 aromatic carbocycles. The molecule has 196 valence electrons. The molecule has 10 heteroatoms. The average molecular weight is 529 g/mol. The van der Waals surface area contributed by atoms with E-state index in [2.05, 4.69) is 5.32 Å². The molecule has 0 bridgehead atoms. The average Bonchev–Trinajstić information content (AvgIpc) is 3.00. The molecular formula is C27H29ClN2O7. The number of carbonyl (C=O) groups excluding carboxylic acids is 3. The molecular weight excluding hydrogens is 500 g/mol. The summed E-state index contributed by atoms with van der Waals surface area (Å²) < 4.78 is 11.5. The summed E-state index contributed by atoms with van der Waals surface area (Å²) in [6.45, 7) is 1.89. The third-order valence-corrected chi connectivity index (χ3v) is 6.17. The van der Waals surface area contributed by atoms with E-state index in [0.29, 0.717) is 38.5 Å². The standard InChI is InChI=1S/C21H18ClNO6.C6H11NO/c1-12-16(10-20(26)29-11-19(24)25)17-9-15(28-2)7-8-18(17)23(12)21(27)13-3-5-14(22)6-4-13;8-6-4-2-1-3-5-7-6/h3-9H,10-11H2,1-2H3,(H,24,25);1-5H2,(H,7,8). The molecule has 4 rings (SSSR count). The number of carboxylic acid groups (broad SMARTS) is 1. The molecule has 0 unspecified atom stereocenters. The summed E-state index contributed by atoms with van der Waals surface area (Å²) in [6, 6.07) is 11.7. The van der Waals surface area contributed by atoms with E-state index in [0.717, 1.165) is 25.8 Å². The van der Waals surface area contributed by atoms with Gasteiger partial charge >= 0.3 is 11.9 Å². The van der Waals surface area contributed by atoms with Crippen LogP contribution in [0.1, 0.15) is 47.3 Å². The monoisotopic (exact) mass is 528 g/mol. The fourth-order valence-electron chi connectivity index (χ4n) is 4.04. The van der Waals surface area contributed by atoms with Gasteiger partial charge in [-0.3, -0.25) is 19.0 Å². The van der Waals surface area contributed by atoms with E-state index >= 15 is 0 Å². The third-order valence-electron chi connectivity index (χ3n) is 5.92. The molecule has 1 aromatic heterocycles. The minimum atomic E-state index is -1.24. The zero-order valence-electron chi connectivity index (χ0n) is 20.7. The smallest absolute Gasteiger partial charge is 0.341 e. The number of amides is 1. The Hall–Kier alpha value is -3.85. The topological polar surface area (TPSA) is 124 Å². The fraction of sp³-hybridized carbons (Fsp3) is 0.333. The van der Waals surface area contributed by atoms with Crippen LogP contribution in [0.2, 0.25) is 5.02 Å². The van der Waals surface area contributed by atoms with Crippen molar-refractivity contribution in [2.24, 2.45) is 0 Å². The van der Waals surface area contributed by atoms with E-state index in [1.54, 1.807) is 49.4 Å². The van der Waals surface area contributed by atoms with E-state index in [1.807, 2.05) is 0 Å². The van der Waals surface area contributed by atoms with Crippen molar-refractivity contribution >= 4 is 46.3 Å². The summed E-state index contributed by atoms with van der Waals surface area (Å²) in [7, 11) is 1.52. The van der Waals surface area contributed by atoms with E-state index in [1.165, 1.54) is 18.1 Å². The molecule has 0 atom stereocenters. The van der Waals surface area contributed by atoms with Crippen LogP contribution in [0.3, 0.4) is 0 Å². The molecule has 0 spiro atoms. The molecule has 3 aromatic rings. The second-order valence-corrected chi connectivity index (χ2v) is 8.92. The van der Waals surface area contributed by atoms with Crippen LogP contribution in [0.4, 0.5) is 0 Å². The number of halogens is 1. The largest absolute Gasteiger partial charge is 0.497 e. The normalized spacial score (nSPS) is 13.1. The van der Waals surface area contributed by atoms with Crippen LogP contribution in [0, 0.1) is 6.92 Å². The number of rotatable bonds is 6. The number of nitrogens with one attached hydrogen (secondary N) is 1. The Morgan fingerprint density at radius 3 is 2.49 bits per heavy atom. The van der Waals surface area contributed by atoms with Gasteiger partial charge in [0.2, 0.25) is 5.91 Å². The van der Waals surface area contributed by atoms with Gasteiger partial charge in [0, 0.05) is 34.6 Å². The Bertz CT molecular complexity index is 1290. The van der Waals surface area contributed by atoms with Crippen molar-refractivity contribution in [2.45, 2.75) is 39.0 Å². The Balaban J connectivity index is 0.000000405. The highest BCUT2D eigenvalue weighted by molar-refractivity contribution is 6.30. The van der Waals surface area contributed by atoms with E-state index < -0.39 is 18.5 Å². The summed E-state index contributed by atoms with van der Waals surface area (Å²) in [5.41, 5.74) is 2.16. The molecule has 1 saturated heterocycles. The van der Waals surface area contributed by atoms with Gasteiger partial charge < -0.3 is 19.9 Å². The number of hydrogen-bond donors (Lipinski definition) is 2. The molecule has 1 fully saturated rings. The number of benzene rings is 2. The first kappa shape index (κ1) is 27.7. The van der Waals surface area contributed by atoms with Gasteiger partial charge in [0.05, 0.1) is 19.0 Å². The van der Waals surface area contributed by atoms with Crippen molar-refractivity contribution in [2.75, 3.05) is 20.3 Å². The maximum atomic E-state index is 13.2. The number of ether oxygens (including phenoxy) is 2. The van der Waals surface area contributed by atoms with E-state index in [-0.39, 0.29) is 18.2 Å². The maximum Gasteiger partial charge on any atom is 0.341 e. The molecule has 0 radical (unpaired) electrons. The Morgan fingerprint density at radius 2 is 1.81 bits per heavy atom. The van der Waals surface area contributed by atoms with E-state index in [4.69, 9.17) is 26.2 Å². The van der Waals surface area contributed by atoms with Gasteiger partial charge in [-0.25, -0.2) is 4.79 Å². The van der Waals surface area contributed by atoms with Crippen LogP contribution in [-0.4, -0.2) is 53.7 Å². The van der Waals surface area contributed by atoms with Gasteiger partial charge in [0.15, 0.2) is 6.61 Å². The predicted octanol–water partition coefficient (Wildman–Crippen LogP) is 4.15. The number of nitrogens with zero attached hydrogens (tertiary/aromatic N) is 1. The van der Waals surface area contributed by atoms with Crippen LogP contribution in [-0.2, 0) is 25.5 Å². The molecule has 1 amide bonds. The zero-order chi connectivity index (χ0) is 26.9. The number of fused-ring (bicyclic) bond motifs is 1. The van der Waals surface area contributed by atoms with Gasteiger partial charge in [-0.15, -0.1) is 0 Å². The van der Waals surface area contributed by atoms with Crippen molar-refractivity contribution in [1.82, 2.24) is 9.88 Å². The molecule has 1 aliphatic heterocycles. The summed E-state index contributed by atoms with van der Waals surface area (Å²) >= 11 is 5.91. The van der Waals surface area contributed by atoms with Crippen molar-refractivity contribution in [3.63, 3.8) is 0 Å². The van der Waals surface area contributed by atoms with Crippen LogP contribution < -0.4 is 10.1 Å². The number of esters is 1. The lowest BCUT2D eigenvalue weighted by molar-refractivity contribution is -0.154. The second kappa shape index (κ2) is 12.9. The predicted molar refractivity (Wildman–Crippen MR) is 138 cm³/mol. The van der Waals surface area contributed by atoms with Gasteiger partial charge in [0.1, 0.15) is 5.75 Å². The number of carbonyl (C=O) groups is 4. The first-order valence-electron chi connectivity index (χ1n) is 11.8. The third kappa shape index (κ3) is 7.33.